The number of nitrogens with one attached hydrogen (secondary N) is 1. The van der Waals surface area contributed by atoms with Crippen LogP contribution in [0, 0.1) is 5.82 Å². The van der Waals surface area contributed by atoms with Gasteiger partial charge in [-0.25, -0.2) is 4.39 Å². The van der Waals surface area contributed by atoms with Gasteiger partial charge in [0, 0.05) is 44.2 Å². The normalized spacial score (nSPS) is 18.7. The maximum absolute atomic E-state index is 13.4. The van der Waals surface area contributed by atoms with Gasteiger partial charge in [-0.2, -0.15) is 13.2 Å². The summed E-state index contributed by atoms with van der Waals surface area (Å²) in [5, 5.41) is 13.0. The number of piperazine rings is 1. The highest BCUT2D eigenvalue weighted by Crippen LogP contribution is 2.35. The van der Waals surface area contributed by atoms with E-state index >= 15 is 0 Å². The van der Waals surface area contributed by atoms with Crippen molar-refractivity contribution < 1.29 is 22.7 Å². The van der Waals surface area contributed by atoms with E-state index in [4.69, 9.17) is 0 Å². The van der Waals surface area contributed by atoms with Gasteiger partial charge < -0.3 is 10.4 Å². The lowest BCUT2D eigenvalue weighted by atomic mass is 9.98. The molecule has 0 unspecified atom stereocenters. The van der Waals surface area contributed by atoms with Gasteiger partial charge in [-0.3, -0.25) is 4.90 Å². The third-order valence-corrected chi connectivity index (χ3v) is 3.64. The second-order valence-corrected chi connectivity index (χ2v) is 5.16. The predicted molar refractivity (Wildman–Crippen MR) is 70.5 cm³/mol. The molecule has 3 nitrogen and oxygen atoms in total. The van der Waals surface area contributed by atoms with Gasteiger partial charge >= 0.3 is 6.18 Å². The standard InChI is InChI=1S/C14H18F4N2O/c15-10-1-2-13(21)11(9-10)12(3-4-14(16,17)18)20-7-5-19-6-8-20/h1-2,9,12,19,21H,3-8H2/t12-/m1/s1. The van der Waals surface area contributed by atoms with Crippen LogP contribution < -0.4 is 5.32 Å². The van der Waals surface area contributed by atoms with E-state index in [1.165, 1.54) is 6.07 Å². The molecule has 0 aliphatic carbocycles. The molecule has 1 aliphatic rings. The Balaban J connectivity index is 2.23. The average Bonchev–Trinajstić information content (AvgIpc) is 2.43. The second kappa shape index (κ2) is 6.62. The molecule has 1 atom stereocenters. The van der Waals surface area contributed by atoms with Gasteiger partial charge in [0.15, 0.2) is 0 Å². The molecule has 2 rings (SSSR count). The first-order valence-corrected chi connectivity index (χ1v) is 6.87. The fourth-order valence-corrected chi connectivity index (χ4v) is 2.62. The van der Waals surface area contributed by atoms with E-state index in [1.807, 2.05) is 4.90 Å². The van der Waals surface area contributed by atoms with Gasteiger partial charge in [0.05, 0.1) is 0 Å². The minimum absolute atomic E-state index is 0.165. The average molecular weight is 306 g/mol. The molecule has 1 aromatic carbocycles. The Hall–Kier alpha value is -1.34. The number of alkyl halides is 3. The van der Waals surface area contributed by atoms with Crippen molar-refractivity contribution in [2.45, 2.75) is 25.1 Å². The van der Waals surface area contributed by atoms with Crippen LogP contribution in [0.2, 0.25) is 0 Å². The molecule has 0 amide bonds. The van der Waals surface area contributed by atoms with Gasteiger partial charge in [0.25, 0.3) is 0 Å². The molecule has 1 fully saturated rings. The Morgan fingerprint density at radius 1 is 1.24 bits per heavy atom. The van der Waals surface area contributed by atoms with Gasteiger partial charge in [-0.1, -0.05) is 0 Å². The minimum Gasteiger partial charge on any atom is -0.508 e. The smallest absolute Gasteiger partial charge is 0.389 e. The molecule has 1 aromatic rings. The number of phenols is 1. The molecule has 0 saturated carbocycles. The summed E-state index contributed by atoms with van der Waals surface area (Å²) in [5.41, 5.74) is 0.223. The van der Waals surface area contributed by atoms with Gasteiger partial charge in [0.1, 0.15) is 11.6 Å². The number of benzene rings is 1. The molecule has 118 valence electrons. The molecule has 1 saturated heterocycles. The van der Waals surface area contributed by atoms with Crippen LogP contribution in [0.1, 0.15) is 24.4 Å². The van der Waals surface area contributed by atoms with E-state index in [9.17, 15) is 22.7 Å². The van der Waals surface area contributed by atoms with Crippen LogP contribution >= 0.6 is 0 Å². The highest BCUT2D eigenvalue weighted by molar-refractivity contribution is 5.35. The Morgan fingerprint density at radius 2 is 1.90 bits per heavy atom. The SMILES string of the molecule is Oc1ccc(F)cc1[C@@H](CCC(F)(F)F)N1CCNCC1. The molecule has 1 heterocycles. The van der Waals surface area contributed by atoms with Crippen LogP contribution in [-0.2, 0) is 0 Å². The summed E-state index contributed by atoms with van der Waals surface area (Å²) in [7, 11) is 0. The summed E-state index contributed by atoms with van der Waals surface area (Å²) in [6, 6.07) is 2.77. The molecule has 0 radical (unpaired) electrons. The molecule has 7 heteroatoms. The first kappa shape index (κ1) is 16.0. The highest BCUT2D eigenvalue weighted by Gasteiger charge is 2.32. The lowest BCUT2D eigenvalue weighted by Crippen LogP contribution is -2.45. The van der Waals surface area contributed by atoms with Crippen LogP contribution in [0.15, 0.2) is 18.2 Å². The fourth-order valence-electron chi connectivity index (χ4n) is 2.62. The lowest BCUT2D eigenvalue weighted by molar-refractivity contribution is -0.138. The van der Waals surface area contributed by atoms with Crippen molar-refractivity contribution in [1.29, 1.82) is 0 Å². The van der Waals surface area contributed by atoms with Crippen molar-refractivity contribution in [2.24, 2.45) is 0 Å². The van der Waals surface area contributed by atoms with Gasteiger partial charge in [-0.15, -0.1) is 0 Å². The van der Waals surface area contributed by atoms with Crippen molar-refractivity contribution in [1.82, 2.24) is 10.2 Å². The lowest BCUT2D eigenvalue weighted by Gasteiger charge is -2.35. The molecule has 0 aromatic heterocycles. The quantitative estimate of drug-likeness (QED) is 0.840. The third kappa shape index (κ3) is 4.57. The van der Waals surface area contributed by atoms with E-state index in [2.05, 4.69) is 5.32 Å². The van der Waals surface area contributed by atoms with E-state index in [0.29, 0.717) is 26.2 Å². The molecule has 0 bridgehead atoms. The number of hydrogen-bond acceptors (Lipinski definition) is 3. The number of rotatable bonds is 4. The van der Waals surface area contributed by atoms with Crippen LogP contribution in [0.25, 0.3) is 0 Å². The zero-order valence-corrected chi connectivity index (χ0v) is 11.5. The molecule has 1 aliphatic heterocycles. The van der Waals surface area contributed by atoms with E-state index in [1.54, 1.807) is 0 Å². The Kier molecular flexibility index (Phi) is 5.05. The Morgan fingerprint density at radius 3 is 2.52 bits per heavy atom. The van der Waals surface area contributed by atoms with Crippen molar-refractivity contribution in [3.05, 3.63) is 29.6 Å². The van der Waals surface area contributed by atoms with Crippen LogP contribution in [-0.4, -0.2) is 42.4 Å². The summed E-state index contributed by atoms with van der Waals surface area (Å²) in [4.78, 5) is 1.86. The molecule has 0 spiro atoms. The predicted octanol–water partition coefficient (Wildman–Crippen LogP) is 2.82. The summed E-state index contributed by atoms with van der Waals surface area (Å²) in [6.07, 6.45) is -5.42. The monoisotopic (exact) mass is 306 g/mol. The molecular weight excluding hydrogens is 288 g/mol. The largest absolute Gasteiger partial charge is 0.508 e. The summed E-state index contributed by atoms with van der Waals surface area (Å²) in [5.74, 6) is -0.725. The van der Waals surface area contributed by atoms with E-state index in [0.717, 1.165) is 12.1 Å². The van der Waals surface area contributed by atoms with Crippen LogP contribution in [0.5, 0.6) is 5.75 Å². The van der Waals surface area contributed by atoms with E-state index in [-0.39, 0.29) is 17.7 Å². The topological polar surface area (TPSA) is 35.5 Å². The first-order valence-electron chi connectivity index (χ1n) is 6.87. The van der Waals surface area contributed by atoms with Gasteiger partial charge in [-0.05, 0) is 24.6 Å². The Bertz CT molecular complexity index is 473. The number of halogens is 4. The summed E-state index contributed by atoms with van der Waals surface area (Å²) >= 11 is 0. The molecule has 21 heavy (non-hydrogen) atoms. The van der Waals surface area contributed by atoms with Crippen LogP contribution in [0.3, 0.4) is 0 Å². The van der Waals surface area contributed by atoms with Crippen molar-refractivity contribution >= 4 is 0 Å². The number of nitrogens with zero attached hydrogens (tertiary/aromatic N) is 1. The minimum atomic E-state index is -4.27. The molecular formula is C14H18F4N2O. The number of hydrogen-bond donors (Lipinski definition) is 2. The van der Waals surface area contributed by atoms with Gasteiger partial charge in [0.2, 0.25) is 0 Å². The maximum Gasteiger partial charge on any atom is 0.389 e. The summed E-state index contributed by atoms with van der Waals surface area (Å²) < 4.78 is 50.9. The first-order chi connectivity index (χ1) is 9.87. The highest BCUT2D eigenvalue weighted by atomic mass is 19.4. The Labute approximate surface area is 120 Å². The zero-order valence-electron chi connectivity index (χ0n) is 11.5. The molecule has 2 N–H and O–H groups in total. The fraction of sp³-hybridized carbons (Fsp3) is 0.571. The third-order valence-electron chi connectivity index (χ3n) is 3.64. The zero-order chi connectivity index (χ0) is 15.5. The maximum atomic E-state index is 13.4. The number of phenolic OH excluding ortho intramolecular Hbond substituents is 1. The second-order valence-electron chi connectivity index (χ2n) is 5.16. The number of aromatic hydroxyl groups is 1. The van der Waals surface area contributed by atoms with Crippen LogP contribution in [0.4, 0.5) is 17.6 Å². The van der Waals surface area contributed by atoms with Crippen molar-refractivity contribution in [2.75, 3.05) is 26.2 Å². The van der Waals surface area contributed by atoms with Crippen molar-refractivity contribution in [3.8, 4) is 5.75 Å². The summed E-state index contributed by atoms with van der Waals surface area (Å²) in [6.45, 7) is 2.47. The van der Waals surface area contributed by atoms with E-state index < -0.39 is 24.5 Å². The van der Waals surface area contributed by atoms with Crippen molar-refractivity contribution in [3.63, 3.8) is 0 Å².